The summed E-state index contributed by atoms with van der Waals surface area (Å²) in [6, 6.07) is 0. The highest BCUT2D eigenvalue weighted by molar-refractivity contribution is 14.1. The van der Waals surface area contributed by atoms with Crippen molar-refractivity contribution in [3.8, 4) is 0 Å². The number of hydrogen-bond donors (Lipinski definition) is 0. The molecule has 0 aromatic carbocycles. The normalized spacial score (nSPS) is 21.2. The van der Waals surface area contributed by atoms with Gasteiger partial charge in [-0.05, 0) is 45.4 Å². The molecule has 0 aromatic heterocycles. The molecule has 0 bridgehead atoms. The zero-order valence-corrected chi connectivity index (χ0v) is 5.73. The second-order valence-electron chi connectivity index (χ2n) is 1.54. The van der Waals surface area contributed by atoms with Gasteiger partial charge in [-0.2, -0.15) is 0 Å². The van der Waals surface area contributed by atoms with Crippen molar-refractivity contribution in [1.29, 1.82) is 0 Å². The van der Waals surface area contributed by atoms with E-state index in [2.05, 4.69) is 28.7 Å². The van der Waals surface area contributed by atoms with Crippen molar-refractivity contribution in [2.45, 2.75) is 19.3 Å². The van der Waals surface area contributed by atoms with Crippen molar-refractivity contribution in [2.75, 3.05) is 0 Å². The van der Waals surface area contributed by atoms with E-state index in [1.807, 2.05) is 0 Å². The molecule has 6 heavy (non-hydrogen) atoms. The Bertz CT molecular complexity index is 74.0. The van der Waals surface area contributed by atoms with Gasteiger partial charge in [0.1, 0.15) is 0 Å². The van der Waals surface area contributed by atoms with Crippen LogP contribution in [0.2, 0.25) is 0 Å². The third-order valence-electron chi connectivity index (χ3n) is 0.986. The van der Waals surface area contributed by atoms with Crippen LogP contribution in [0, 0.1) is 0 Å². The van der Waals surface area contributed by atoms with Crippen LogP contribution in [0.3, 0.4) is 0 Å². The fourth-order valence-corrected chi connectivity index (χ4v) is 1.32. The van der Waals surface area contributed by atoms with Gasteiger partial charge in [-0.25, -0.2) is 0 Å². The highest BCUT2D eigenvalue weighted by Gasteiger charge is 1.96. The quantitative estimate of drug-likeness (QED) is 0.519. The van der Waals surface area contributed by atoms with Crippen LogP contribution in [-0.4, -0.2) is 0 Å². The molecule has 0 nitrogen and oxygen atoms in total. The fourth-order valence-electron chi connectivity index (χ4n) is 0.632. The van der Waals surface area contributed by atoms with Crippen LogP contribution in [0.4, 0.5) is 0 Å². The molecular weight excluding hydrogens is 187 g/mol. The molecule has 0 spiro atoms. The average molecular weight is 194 g/mol. The Labute approximate surface area is 51.8 Å². The first-order valence-electron chi connectivity index (χ1n) is 2.24. The van der Waals surface area contributed by atoms with Crippen molar-refractivity contribution in [3.05, 3.63) is 9.66 Å². The van der Waals surface area contributed by atoms with Crippen LogP contribution < -0.4 is 0 Å². The van der Waals surface area contributed by atoms with Gasteiger partial charge >= 0.3 is 0 Å². The minimum atomic E-state index is 1.32. The molecule has 0 aliphatic heterocycles. The van der Waals surface area contributed by atoms with Crippen molar-refractivity contribution >= 4 is 22.6 Å². The lowest BCUT2D eigenvalue weighted by atomic mass is 10.4. The first-order chi connectivity index (χ1) is 2.89. The minimum absolute atomic E-state index is 1.32. The van der Waals surface area contributed by atoms with Crippen molar-refractivity contribution < 1.29 is 0 Å². The molecule has 34 valence electrons. The molecule has 0 N–H and O–H groups in total. The Morgan fingerprint density at radius 3 is 2.67 bits per heavy atom. The maximum absolute atomic E-state index is 2.39. The lowest BCUT2D eigenvalue weighted by Crippen LogP contribution is -1.54. The Morgan fingerprint density at radius 2 is 2.50 bits per heavy atom. The van der Waals surface area contributed by atoms with E-state index in [9.17, 15) is 0 Å². The maximum Gasteiger partial charge on any atom is -0.0134 e. The molecule has 0 aromatic rings. The lowest BCUT2D eigenvalue weighted by Gasteiger charge is -1.77. The summed E-state index contributed by atoms with van der Waals surface area (Å²) < 4.78 is 1.55. The van der Waals surface area contributed by atoms with Crippen molar-refractivity contribution in [3.63, 3.8) is 0 Å². The van der Waals surface area contributed by atoms with Gasteiger partial charge in [0.15, 0.2) is 0 Å². The Balaban J connectivity index is 2.45. The van der Waals surface area contributed by atoms with E-state index in [1.165, 1.54) is 19.3 Å². The number of hydrogen-bond acceptors (Lipinski definition) is 0. The molecule has 1 aliphatic rings. The summed E-state index contributed by atoms with van der Waals surface area (Å²) in [5.41, 5.74) is 0. The fraction of sp³-hybridized carbons (Fsp3) is 0.600. The summed E-state index contributed by atoms with van der Waals surface area (Å²) in [5, 5.41) is 0. The zero-order valence-electron chi connectivity index (χ0n) is 3.58. The topological polar surface area (TPSA) is 0 Å². The van der Waals surface area contributed by atoms with E-state index in [1.54, 1.807) is 3.58 Å². The lowest BCUT2D eigenvalue weighted by molar-refractivity contribution is 0.927. The minimum Gasteiger partial charge on any atom is -0.0752 e. The monoisotopic (exact) mass is 194 g/mol. The Kier molecular flexibility index (Phi) is 1.51. The van der Waals surface area contributed by atoms with Gasteiger partial charge in [-0.1, -0.05) is 6.08 Å². The van der Waals surface area contributed by atoms with Gasteiger partial charge in [0.05, 0.1) is 0 Å². The van der Waals surface area contributed by atoms with Crippen LogP contribution in [0.1, 0.15) is 19.3 Å². The van der Waals surface area contributed by atoms with E-state index >= 15 is 0 Å². The smallest absolute Gasteiger partial charge is 0.0134 e. The Hall–Kier alpha value is 0.470. The number of allylic oxidation sites excluding steroid dienone is 2. The molecular formula is C5H7I. The number of halogens is 1. The van der Waals surface area contributed by atoms with E-state index in [0.717, 1.165) is 0 Å². The molecule has 1 rings (SSSR count). The molecule has 0 fully saturated rings. The summed E-state index contributed by atoms with van der Waals surface area (Å²) in [4.78, 5) is 0. The van der Waals surface area contributed by atoms with Crippen molar-refractivity contribution in [2.24, 2.45) is 0 Å². The van der Waals surface area contributed by atoms with E-state index in [-0.39, 0.29) is 0 Å². The van der Waals surface area contributed by atoms with E-state index in [0.29, 0.717) is 0 Å². The van der Waals surface area contributed by atoms with E-state index < -0.39 is 0 Å². The highest BCUT2D eigenvalue weighted by Crippen LogP contribution is 2.22. The van der Waals surface area contributed by atoms with Gasteiger partial charge in [0.25, 0.3) is 0 Å². The molecule has 0 unspecified atom stereocenters. The number of rotatable bonds is 0. The molecule has 1 heteroatoms. The summed E-state index contributed by atoms with van der Waals surface area (Å²) in [6.07, 6.45) is 6.34. The van der Waals surface area contributed by atoms with Crippen LogP contribution in [0.25, 0.3) is 0 Å². The second-order valence-corrected chi connectivity index (χ2v) is 2.93. The van der Waals surface area contributed by atoms with E-state index in [4.69, 9.17) is 0 Å². The standard InChI is InChI=1S/C5H7I/c6-5-3-1-2-4-5/h3H,1-2,4H2. The maximum atomic E-state index is 2.39. The third-order valence-corrected chi connectivity index (χ3v) is 1.97. The molecule has 0 saturated heterocycles. The van der Waals surface area contributed by atoms with Crippen molar-refractivity contribution in [1.82, 2.24) is 0 Å². The third kappa shape index (κ3) is 0.965. The van der Waals surface area contributed by atoms with Crippen LogP contribution in [0.5, 0.6) is 0 Å². The van der Waals surface area contributed by atoms with Crippen LogP contribution in [-0.2, 0) is 0 Å². The van der Waals surface area contributed by atoms with Gasteiger partial charge in [-0.3, -0.25) is 0 Å². The second kappa shape index (κ2) is 1.96. The first-order valence-corrected chi connectivity index (χ1v) is 3.32. The predicted octanol–water partition coefficient (Wildman–Crippen LogP) is 2.49. The molecule has 0 heterocycles. The van der Waals surface area contributed by atoms with Crippen LogP contribution >= 0.6 is 22.6 Å². The SMILES string of the molecule is IC1=CCCC1. The zero-order chi connectivity index (χ0) is 4.41. The average Bonchev–Trinajstić information content (AvgIpc) is 1.86. The molecule has 0 amide bonds. The summed E-state index contributed by atoms with van der Waals surface area (Å²) in [7, 11) is 0. The van der Waals surface area contributed by atoms with Crippen LogP contribution in [0.15, 0.2) is 9.66 Å². The highest BCUT2D eigenvalue weighted by atomic mass is 127. The summed E-state index contributed by atoms with van der Waals surface area (Å²) in [5.74, 6) is 0. The summed E-state index contributed by atoms with van der Waals surface area (Å²) in [6.45, 7) is 0. The summed E-state index contributed by atoms with van der Waals surface area (Å²) >= 11 is 2.39. The first kappa shape index (κ1) is 4.62. The van der Waals surface area contributed by atoms with Gasteiger partial charge < -0.3 is 0 Å². The van der Waals surface area contributed by atoms with Gasteiger partial charge in [0.2, 0.25) is 0 Å². The largest absolute Gasteiger partial charge is 0.0752 e. The van der Waals surface area contributed by atoms with Gasteiger partial charge in [0, 0.05) is 0 Å². The molecule has 0 atom stereocenters. The molecule has 0 saturated carbocycles. The Morgan fingerprint density at radius 1 is 1.67 bits per heavy atom. The molecule has 0 radical (unpaired) electrons. The molecule has 1 aliphatic carbocycles. The predicted molar refractivity (Wildman–Crippen MR) is 36.0 cm³/mol. The van der Waals surface area contributed by atoms with Gasteiger partial charge in [-0.15, -0.1) is 0 Å².